The van der Waals surface area contributed by atoms with Crippen LogP contribution in [0.1, 0.15) is 216 Å². The van der Waals surface area contributed by atoms with E-state index in [1.165, 1.54) is 194 Å². The number of hydrogen-bond acceptors (Lipinski definition) is 0. The van der Waals surface area contributed by atoms with Gasteiger partial charge in [0, 0.05) is 58.3 Å². The van der Waals surface area contributed by atoms with Gasteiger partial charge in [0.15, 0.2) is 12.4 Å². The second-order valence-electron chi connectivity index (χ2n) is 30.0. The summed E-state index contributed by atoms with van der Waals surface area (Å²) in [5.74, 6) is 6.90. The largest absolute Gasteiger partial charge is 0.220 e. The van der Waals surface area contributed by atoms with Crippen LogP contribution in [0.5, 0.6) is 0 Å². The summed E-state index contributed by atoms with van der Waals surface area (Å²) in [7, 11) is 8.76. The van der Waals surface area contributed by atoms with Crippen molar-refractivity contribution in [3.8, 4) is 45.0 Å². The van der Waals surface area contributed by atoms with Gasteiger partial charge in [-0.2, -0.15) is 9.13 Å². The van der Waals surface area contributed by atoms with Crippen LogP contribution in [0.4, 0.5) is 0 Å². The van der Waals surface area contributed by atoms with Gasteiger partial charge in [-0.15, -0.1) is 0 Å². The van der Waals surface area contributed by atoms with Gasteiger partial charge in [0.2, 0.25) is 33.8 Å². The molecular weight excluding hydrogens is 1220 g/mol. The highest BCUT2D eigenvalue weighted by molar-refractivity contribution is 5.96. The summed E-state index contributed by atoms with van der Waals surface area (Å²) < 4.78 is 9.32. The Balaban J connectivity index is 0.000000116. The summed E-state index contributed by atoms with van der Waals surface area (Å²) in [5.41, 5.74) is 32.6. The molecule has 12 aliphatic carbocycles. The lowest BCUT2D eigenvalue weighted by Crippen LogP contribution is -2.34. The number of hydrogen-bond donors (Lipinski definition) is 0. The Hall–Kier alpha value is -8.60. The van der Waals surface area contributed by atoms with Crippen LogP contribution in [-0.2, 0) is 47.5 Å². The van der Waals surface area contributed by atoms with Crippen molar-refractivity contribution < 1.29 is 18.3 Å². The normalized spacial score (nSPS) is 20.4. The van der Waals surface area contributed by atoms with Crippen LogP contribution < -0.4 is 18.3 Å². The van der Waals surface area contributed by atoms with Crippen LogP contribution in [0.2, 0.25) is 0 Å². The Kier molecular flexibility index (Phi) is 21.4. The number of rotatable bonds is 4. The van der Waals surface area contributed by atoms with Crippen LogP contribution in [0.15, 0.2) is 194 Å². The van der Waals surface area contributed by atoms with Gasteiger partial charge in [-0.05, 0) is 285 Å². The molecule has 4 heteroatoms. The van der Waals surface area contributed by atoms with E-state index in [0.29, 0.717) is 0 Å². The van der Waals surface area contributed by atoms with Crippen molar-refractivity contribution in [2.24, 2.45) is 45.9 Å². The molecule has 0 spiro atoms. The highest BCUT2D eigenvalue weighted by Gasteiger charge is 2.43. The van der Waals surface area contributed by atoms with E-state index in [0.717, 1.165) is 47.3 Å². The van der Waals surface area contributed by atoms with Crippen LogP contribution >= 0.6 is 0 Å². The van der Waals surface area contributed by atoms with Crippen LogP contribution in [-0.4, -0.2) is 0 Å². The van der Waals surface area contributed by atoms with Gasteiger partial charge in [-0.1, -0.05) is 152 Å². The molecular formula is C97H114N4+4. The summed E-state index contributed by atoms with van der Waals surface area (Å²) >= 11 is 0. The molecule has 0 unspecified atom stereocenters. The third-order valence-corrected chi connectivity index (χ3v) is 24.4. The zero-order valence-corrected chi connectivity index (χ0v) is 64.1. The Morgan fingerprint density at radius 2 is 0.733 bits per heavy atom. The van der Waals surface area contributed by atoms with Crippen LogP contribution in [0, 0.1) is 45.4 Å². The van der Waals surface area contributed by atoms with Crippen molar-refractivity contribution in [1.82, 2.24) is 0 Å². The zero-order valence-electron chi connectivity index (χ0n) is 64.1. The first-order valence-electron chi connectivity index (χ1n) is 39.4. The number of aryl methyl sites for hydroxylation is 8. The predicted octanol–water partition coefficient (Wildman–Crippen LogP) is 23.6. The number of para-hydroxylation sites is 2. The Labute approximate surface area is 606 Å². The maximum Gasteiger partial charge on any atom is 0.220 e. The quantitative estimate of drug-likeness (QED) is 0.156. The maximum atomic E-state index is 2.52. The van der Waals surface area contributed by atoms with Crippen molar-refractivity contribution in [2.75, 3.05) is 0 Å². The summed E-state index contributed by atoms with van der Waals surface area (Å²) in [6.07, 6.45) is 22.3. The summed E-state index contributed by atoms with van der Waals surface area (Å²) in [4.78, 5) is 0. The summed E-state index contributed by atoms with van der Waals surface area (Å²) in [5, 5.41) is 8.01. The average molecular weight is 1340 g/mol. The number of nitrogens with zero attached hydrogens (tertiary/aromatic N) is 4. The lowest BCUT2D eigenvalue weighted by atomic mass is 9.61. The number of fused-ring (bicyclic) bond motifs is 6. The van der Waals surface area contributed by atoms with E-state index in [1.54, 1.807) is 44.5 Å². The van der Waals surface area contributed by atoms with Gasteiger partial charge >= 0.3 is 0 Å². The fourth-order valence-electron chi connectivity index (χ4n) is 19.3. The monoisotopic (exact) mass is 1330 g/mol. The second kappa shape index (κ2) is 30.5. The van der Waals surface area contributed by atoms with Crippen LogP contribution in [0.3, 0.4) is 0 Å². The SMILES string of the molecule is CC.CC.CC.CC.Cc1cc2c(cc1-c1ccc3ccccc3[n+]1C)C1CC(C2)C1.Cc1cc2c(cc1-c1ccc3ccccc3[n+]1C)C1CCC2CC1.Cc1ccc2c(c1-c1c3ccccc3cc[n+]1C)C1CC(C2)C1.Cc1ccc2c(c1-c1c3ccccc3cc[n+]1C)CC1CC2C1. The Morgan fingerprint density at radius 3 is 1.28 bits per heavy atom. The van der Waals surface area contributed by atoms with E-state index in [4.69, 9.17) is 0 Å². The Bertz CT molecular complexity index is 5000. The molecule has 4 nitrogen and oxygen atoms in total. The molecule has 4 fully saturated rings. The van der Waals surface area contributed by atoms with Crippen LogP contribution in [0.25, 0.3) is 88.4 Å². The molecule has 12 aromatic rings. The standard InChI is InChI=1S/C23H24N.3C22H22N.4C2H6/c1-15-13-20-16-7-9-17(10-8-16)21(20)14-19(15)23-12-11-18-5-3-4-6-22(18)24(23)2;1-14-9-17-10-15-11-18(12-15)20(17)13-19(14)22-8-7-16-5-3-4-6-21(16)23(22)2;1-14-7-8-18-17-11-15(12-17)13-20(18)21(14)22-19-6-4-3-5-16(19)9-10-23(22)2;1-14-7-8-17-11-15-12-18(13-15)21(17)20(14)22-19-6-4-3-5-16(19)9-10-23(22)2;4*1-2/h3-6,11-14,16-17H,7-10H2,1-2H3;3-9,13,15,18H,10-12H2,1-2H3;3-10,15,17H,11-13H2,1-2H3;3-10,15,18H,11-13H2,1-2H3;4*1-2H3/q4*+1;;;;. The van der Waals surface area contributed by atoms with E-state index in [1.807, 2.05) is 55.4 Å². The molecule has 4 aromatic heterocycles. The van der Waals surface area contributed by atoms with Gasteiger partial charge in [-0.25, -0.2) is 9.13 Å². The molecule has 4 saturated carbocycles. The molecule has 8 aromatic carbocycles. The third kappa shape index (κ3) is 13.2. The number of aromatic nitrogens is 4. The van der Waals surface area contributed by atoms with Gasteiger partial charge in [-0.3, -0.25) is 0 Å². The minimum Gasteiger partial charge on any atom is -0.200 e. The summed E-state index contributed by atoms with van der Waals surface area (Å²) in [6, 6.07) is 67.8. The molecule has 0 saturated heterocycles. The zero-order chi connectivity index (χ0) is 70.9. The van der Waals surface area contributed by atoms with E-state index < -0.39 is 0 Å². The smallest absolute Gasteiger partial charge is 0.200 e. The maximum absolute atomic E-state index is 2.52. The first-order valence-corrected chi connectivity index (χ1v) is 39.4. The number of benzene rings is 8. The van der Waals surface area contributed by atoms with Crippen molar-refractivity contribution in [1.29, 1.82) is 0 Å². The molecule has 4 heterocycles. The van der Waals surface area contributed by atoms with E-state index in [9.17, 15) is 0 Å². The topological polar surface area (TPSA) is 15.5 Å². The van der Waals surface area contributed by atoms with E-state index >= 15 is 0 Å². The minimum absolute atomic E-state index is 0.789. The molecule has 0 atom stereocenters. The van der Waals surface area contributed by atoms with Gasteiger partial charge < -0.3 is 0 Å². The molecule has 0 amide bonds. The highest BCUT2D eigenvalue weighted by atomic mass is 14.9. The second-order valence-corrected chi connectivity index (χ2v) is 30.0. The molecule has 0 N–H and O–H groups in total. The van der Waals surface area contributed by atoms with Crippen molar-refractivity contribution >= 4 is 43.4 Å². The van der Waals surface area contributed by atoms with Crippen molar-refractivity contribution in [3.05, 3.63) is 261 Å². The third-order valence-electron chi connectivity index (χ3n) is 24.4. The lowest BCUT2D eigenvalue weighted by Gasteiger charge is -2.43. The molecule has 24 rings (SSSR count). The molecule has 101 heavy (non-hydrogen) atoms. The lowest BCUT2D eigenvalue weighted by molar-refractivity contribution is -0.659. The van der Waals surface area contributed by atoms with Crippen molar-refractivity contribution in [3.63, 3.8) is 0 Å². The Morgan fingerprint density at radius 1 is 0.317 bits per heavy atom. The molecule has 0 radical (unpaired) electrons. The predicted molar refractivity (Wildman–Crippen MR) is 428 cm³/mol. The fraction of sp³-hybridized carbons (Fsp3) is 0.381. The number of pyridine rings is 4. The first-order chi connectivity index (χ1) is 49.4. The van der Waals surface area contributed by atoms with Gasteiger partial charge in [0.05, 0.1) is 21.9 Å². The fourth-order valence-corrected chi connectivity index (χ4v) is 19.3. The van der Waals surface area contributed by atoms with E-state index in [2.05, 4.69) is 269 Å². The van der Waals surface area contributed by atoms with Gasteiger partial charge in [0.1, 0.15) is 28.2 Å². The molecule has 8 bridgehead atoms. The summed E-state index contributed by atoms with van der Waals surface area (Å²) in [6.45, 7) is 25.1. The molecule has 518 valence electrons. The van der Waals surface area contributed by atoms with Gasteiger partial charge in [0.25, 0.3) is 0 Å². The van der Waals surface area contributed by atoms with Crippen molar-refractivity contribution in [2.45, 2.75) is 196 Å². The highest BCUT2D eigenvalue weighted by Crippen LogP contribution is 2.56. The van der Waals surface area contributed by atoms with E-state index in [-0.39, 0.29) is 0 Å². The first kappa shape index (κ1) is 70.8. The molecule has 0 aliphatic heterocycles. The minimum atomic E-state index is 0.789. The average Bonchev–Trinajstić information content (AvgIpc) is 0.745. The molecule has 12 aliphatic rings.